The molecule has 1 unspecified atom stereocenters. The Morgan fingerprint density at radius 3 is 2.61 bits per heavy atom. The Morgan fingerprint density at radius 1 is 1.39 bits per heavy atom. The van der Waals surface area contributed by atoms with E-state index in [0.717, 1.165) is 4.47 Å². The zero-order valence-corrected chi connectivity index (χ0v) is 12.0. The summed E-state index contributed by atoms with van der Waals surface area (Å²) in [5, 5.41) is 5.18. The molecule has 0 bridgehead atoms. The van der Waals surface area contributed by atoms with E-state index in [1.807, 2.05) is 0 Å². The van der Waals surface area contributed by atoms with Crippen molar-refractivity contribution in [2.75, 3.05) is 19.5 Å². The molecular formula is C12H15BrN2O3. The van der Waals surface area contributed by atoms with Crippen LogP contribution in [0.15, 0.2) is 22.7 Å². The van der Waals surface area contributed by atoms with Gasteiger partial charge in [-0.15, -0.1) is 0 Å². The first-order valence-corrected chi connectivity index (χ1v) is 6.14. The van der Waals surface area contributed by atoms with Crippen molar-refractivity contribution in [3.05, 3.63) is 28.2 Å². The van der Waals surface area contributed by atoms with Gasteiger partial charge < -0.3 is 15.4 Å². The highest BCUT2D eigenvalue weighted by molar-refractivity contribution is 9.10. The van der Waals surface area contributed by atoms with Crippen LogP contribution in [-0.2, 0) is 9.53 Å². The molecule has 0 heterocycles. The number of rotatable bonds is 4. The maximum absolute atomic E-state index is 11.7. The van der Waals surface area contributed by atoms with Gasteiger partial charge in [-0.1, -0.05) is 15.9 Å². The summed E-state index contributed by atoms with van der Waals surface area (Å²) in [4.78, 5) is 23.4. The molecular weight excluding hydrogens is 300 g/mol. The highest BCUT2D eigenvalue weighted by atomic mass is 79.9. The number of amides is 2. The molecule has 1 aromatic carbocycles. The molecule has 0 saturated heterocycles. The topological polar surface area (TPSA) is 67.4 Å². The molecule has 98 valence electrons. The fourth-order valence-electron chi connectivity index (χ4n) is 1.29. The minimum absolute atomic E-state index is 0.261. The van der Waals surface area contributed by atoms with Gasteiger partial charge in [0.25, 0.3) is 11.8 Å². The molecule has 6 heteroatoms. The number of carbonyl (C=O) groups is 2. The molecule has 0 spiro atoms. The largest absolute Gasteiger partial charge is 0.372 e. The molecule has 0 aliphatic carbocycles. The minimum atomic E-state index is -0.582. The fourth-order valence-corrected chi connectivity index (χ4v) is 1.66. The van der Waals surface area contributed by atoms with Crippen LogP contribution in [0.3, 0.4) is 0 Å². The van der Waals surface area contributed by atoms with Crippen molar-refractivity contribution in [2.24, 2.45) is 0 Å². The van der Waals surface area contributed by atoms with Gasteiger partial charge in [0, 0.05) is 18.6 Å². The molecule has 1 rings (SSSR count). The van der Waals surface area contributed by atoms with Crippen molar-refractivity contribution in [2.45, 2.75) is 13.0 Å². The lowest BCUT2D eigenvalue weighted by Gasteiger charge is -2.13. The SMILES string of the molecule is CNC(=O)c1ccc(Br)cc1NC(=O)C(C)OC. The third kappa shape index (κ3) is 3.54. The number of hydrogen-bond acceptors (Lipinski definition) is 3. The van der Waals surface area contributed by atoms with Gasteiger partial charge in [0.2, 0.25) is 0 Å². The van der Waals surface area contributed by atoms with E-state index in [9.17, 15) is 9.59 Å². The zero-order valence-electron chi connectivity index (χ0n) is 10.4. The maximum atomic E-state index is 11.7. The summed E-state index contributed by atoms with van der Waals surface area (Å²) in [5.41, 5.74) is 0.843. The first-order valence-electron chi connectivity index (χ1n) is 5.35. The van der Waals surface area contributed by atoms with Gasteiger partial charge in [-0.3, -0.25) is 9.59 Å². The highest BCUT2D eigenvalue weighted by Gasteiger charge is 2.16. The van der Waals surface area contributed by atoms with Crippen LogP contribution in [0.1, 0.15) is 17.3 Å². The Morgan fingerprint density at radius 2 is 2.06 bits per heavy atom. The molecule has 0 fully saturated rings. The number of methoxy groups -OCH3 is 1. The van der Waals surface area contributed by atoms with E-state index in [1.54, 1.807) is 25.1 Å². The summed E-state index contributed by atoms with van der Waals surface area (Å²) in [7, 11) is 2.98. The number of hydrogen-bond donors (Lipinski definition) is 2. The summed E-state index contributed by atoms with van der Waals surface area (Å²) >= 11 is 3.30. The Hall–Kier alpha value is -1.40. The average molecular weight is 315 g/mol. The van der Waals surface area contributed by atoms with Crippen LogP contribution in [0.4, 0.5) is 5.69 Å². The van der Waals surface area contributed by atoms with E-state index >= 15 is 0 Å². The van der Waals surface area contributed by atoms with Crippen molar-refractivity contribution in [1.29, 1.82) is 0 Å². The van der Waals surface area contributed by atoms with Crippen LogP contribution >= 0.6 is 15.9 Å². The molecule has 2 N–H and O–H groups in total. The first kappa shape index (κ1) is 14.7. The fraction of sp³-hybridized carbons (Fsp3) is 0.333. The highest BCUT2D eigenvalue weighted by Crippen LogP contribution is 2.21. The van der Waals surface area contributed by atoms with Crippen LogP contribution in [0.5, 0.6) is 0 Å². The first-order chi connectivity index (χ1) is 8.49. The van der Waals surface area contributed by atoms with Crippen molar-refractivity contribution < 1.29 is 14.3 Å². The summed E-state index contributed by atoms with van der Waals surface area (Å²) in [6, 6.07) is 5.04. The third-order valence-corrected chi connectivity index (χ3v) is 2.93. The van der Waals surface area contributed by atoms with Crippen LogP contribution in [0, 0.1) is 0 Å². The predicted molar refractivity (Wildman–Crippen MR) is 72.6 cm³/mol. The lowest BCUT2D eigenvalue weighted by Crippen LogP contribution is -2.28. The van der Waals surface area contributed by atoms with Crippen LogP contribution < -0.4 is 10.6 Å². The number of halogens is 1. The number of carbonyl (C=O) groups excluding carboxylic acids is 2. The van der Waals surface area contributed by atoms with E-state index in [-0.39, 0.29) is 11.8 Å². The molecule has 5 nitrogen and oxygen atoms in total. The van der Waals surface area contributed by atoms with Gasteiger partial charge in [0.05, 0.1) is 11.3 Å². The average Bonchev–Trinajstić information content (AvgIpc) is 2.37. The van der Waals surface area contributed by atoms with E-state index in [1.165, 1.54) is 14.2 Å². The Bertz CT molecular complexity index is 463. The quantitative estimate of drug-likeness (QED) is 0.890. The molecule has 2 amide bonds. The van der Waals surface area contributed by atoms with Crippen LogP contribution in [0.25, 0.3) is 0 Å². The molecule has 0 aliphatic rings. The number of anilines is 1. The molecule has 0 radical (unpaired) electrons. The maximum Gasteiger partial charge on any atom is 0.253 e. The normalized spacial score (nSPS) is 11.8. The summed E-state index contributed by atoms with van der Waals surface area (Å²) in [5.74, 6) is -0.566. The van der Waals surface area contributed by atoms with E-state index < -0.39 is 6.10 Å². The minimum Gasteiger partial charge on any atom is -0.372 e. The number of benzene rings is 1. The smallest absolute Gasteiger partial charge is 0.253 e. The molecule has 1 atom stereocenters. The standard InChI is InChI=1S/C12H15BrN2O3/c1-7(18-3)11(16)15-10-6-8(13)4-5-9(10)12(17)14-2/h4-7H,1-3H3,(H,14,17)(H,15,16). The monoisotopic (exact) mass is 314 g/mol. The van der Waals surface area contributed by atoms with Gasteiger partial charge in [-0.2, -0.15) is 0 Å². The number of nitrogens with one attached hydrogen (secondary N) is 2. The Labute approximate surface area is 114 Å². The third-order valence-electron chi connectivity index (χ3n) is 2.43. The van der Waals surface area contributed by atoms with Crippen molar-refractivity contribution in [3.63, 3.8) is 0 Å². The zero-order chi connectivity index (χ0) is 13.7. The van der Waals surface area contributed by atoms with Gasteiger partial charge in [-0.25, -0.2) is 0 Å². The molecule has 1 aromatic rings. The summed E-state index contributed by atoms with van der Waals surface area (Å²) in [6.45, 7) is 1.63. The lowest BCUT2D eigenvalue weighted by atomic mass is 10.1. The van der Waals surface area contributed by atoms with Crippen LogP contribution in [0.2, 0.25) is 0 Å². The predicted octanol–water partition coefficient (Wildman–Crippen LogP) is 1.78. The Balaban J connectivity index is 3.03. The van der Waals surface area contributed by atoms with Gasteiger partial charge in [-0.05, 0) is 25.1 Å². The van der Waals surface area contributed by atoms with E-state index in [4.69, 9.17) is 4.74 Å². The summed E-state index contributed by atoms with van der Waals surface area (Å²) < 4.78 is 5.69. The van der Waals surface area contributed by atoms with E-state index in [2.05, 4.69) is 26.6 Å². The number of ether oxygens (including phenoxy) is 1. The molecule has 0 saturated carbocycles. The second-order valence-corrected chi connectivity index (χ2v) is 4.55. The second kappa shape index (κ2) is 6.51. The molecule has 0 aliphatic heterocycles. The van der Waals surface area contributed by atoms with E-state index in [0.29, 0.717) is 11.3 Å². The molecule has 0 aromatic heterocycles. The van der Waals surface area contributed by atoms with Crippen molar-refractivity contribution in [1.82, 2.24) is 5.32 Å². The lowest BCUT2D eigenvalue weighted by molar-refractivity contribution is -0.124. The molecule has 18 heavy (non-hydrogen) atoms. The van der Waals surface area contributed by atoms with Crippen molar-refractivity contribution in [3.8, 4) is 0 Å². The van der Waals surface area contributed by atoms with Gasteiger partial charge >= 0.3 is 0 Å². The second-order valence-electron chi connectivity index (χ2n) is 3.64. The summed E-state index contributed by atoms with van der Waals surface area (Å²) in [6.07, 6.45) is -0.582. The van der Waals surface area contributed by atoms with Crippen LogP contribution in [-0.4, -0.2) is 32.1 Å². The Kier molecular flexibility index (Phi) is 5.30. The van der Waals surface area contributed by atoms with Gasteiger partial charge in [0.1, 0.15) is 6.10 Å². The van der Waals surface area contributed by atoms with Crippen molar-refractivity contribution >= 4 is 33.4 Å². The van der Waals surface area contributed by atoms with Gasteiger partial charge in [0.15, 0.2) is 0 Å².